The van der Waals surface area contributed by atoms with E-state index in [1.165, 1.54) is 19.3 Å². The molecule has 2 unspecified atom stereocenters. The molecule has 2 rings (SSSR count). The first kappa shape index (κ1) is 12.5. The van der Waals surface area contributed by atoms with Crippen molar-refractivity contribution < 1.29 is 5.11 Å². The van der Waals surface area contributed by atoms with Gasteiger partial charge < -0.3 is 5.11 Å². The standard InChI is InChI=1S/C13H23NOS/c15-13-6-2-1-5-12(13)11-14(9-7-13)8-3-4-10-16/h3-4,12,15-16H,1-2,5-11H2/b4-3+. The minimum Gasteiger partial charge on any atom is -0.390 e. The normalized spacial score (nSPS) is 36.5. The zero-order valence-electron chi connectivity index (χ0n) is 9.94. The molecule has 0 aromatic heterocycles. The van der Waals surface area contributed by atoms with Crippen molar-refractivity contribution in [2.45, 2.75) is 37.7 Å². The Bertz CT molecular complexity index is 256. The van der Waals surface area contributed by atoms with E-state index in [4.69, 9.17) is 0 Å². The number of nitrogens with zero attached hydrogens (tertiary/aromatic N) is 1. The zero-order valence-corrected chi connectivity index (χ0v) is 10.8. The second-order valence-electron chi connectivity index (χ2n) is 5.21. The topological polar surface area (TPSA) is 23.5 Å². The maximum absolute atomic E-state index is 10.5. The highest BCUT2D eigenvalue weighted by atomic mass is 32.1. The largest absolute Gasteiger partial charge is 0.390 e. The predicted octanol–water partition coefficient (Wildman–Crippen LogP) is 2.10. The van der Waals surface area contributed by atoms with E-state index in [1.54, 1.807) is 0 Å². The van der Waals surface area contributed by atoms with E-state index in [0.717, 1.165) is 38.2 Å². The van der Waals surface area contributed by atoms with Gasteiger partial charge in [0.05, 0.1) is 5.60 Å². The summed E-state index contributed by atoms with van der Waals surface area (Å²) in [4.78, 5) is 2.46. The Morgan fingerprint density at radius 1 is 1.31 bits per heavy atom. The molecule has 3 heteroatoms. The van der Waals surface area contributed by atoms with Crippen molar-refractivity contribution in [3.8, 4) is 0 Å². The van der Waals surface area contributed by atoms with Gasteiger partial charge in [-0.3, -0.25) is 4.90 Å². The van der Waals surface area contributed by atoms with Crippen LogP contribution in [0, 0.1) is 5.92 Å². The van der Waals surface area contributed by atoms with Crippen LogP contribution in [0.5, 0.6) is 0 Å². The third kappa shape index (κ3) is 2.82. The molecule has 0 bridgehead atoms. The van der Waals surface area contributed by atoms with Gasteiger partial charge in [-0.2, -0.15) is 12.6 Å². The molecule has 1 aliphatic carbocycles. The number of fused-ring (bicyclic) bond motifs is 1. The van der Waals surface area contributed by atoms with Gasteiger partial charge in [-0.1, -0.05) is 25.0 Å². The summed E-state index contributed by atoms with van der Waals surface area (Å²) in [5.41, 5.74) is -0.331. The Balaban J connectivity index is 1.87. The van der Waals surface area contributed by atoms with E-state index < -0.39 is 0 Å². The van der Waals surface area contributed by atoms with Crippen molar-refractivity contribution in [3.63, 3.8) is 0 Å². The molecular weight excluding hydrogens is 218 g/mol. The molecule has 1 N–H and O–H groups in total. The molecule has 2 aliphatic rings. The Morgan fingerprint density at radius 2 is 2.19 bits per heavy atom. The second kappa shape index (κ2) is 5.56. The number of aliphatic hydroxyl groups is 1. The lowest BCUT2D eigenvalue weighted by molar-refractivity contribution is -0.0933. The summed E-state index contributed by atoms with van der Waals surface area (Å²) >= 11 is 4.16. The van der Waals surface area contributed by atoms with Gasteiger partial charge in [0.2, 0.25) is 0 Å². The second-order valence-corrected chi connectivity index (χ2v) is 5.57. The van der Waals surface area contributed by atoms with Crippen LogP contribution in [0.2, 0.25) is 0 Å². The fraction of sp³-hybridized carbons (Fsp3) is 0.846. The first-order valence-corrected chi connectivity index (χ1v) is 7.08. The summed E-state index contributed by atoms with van der Waals surface area (Å²) in [5.74, 6) is 1.33. The van der Waals surface area contributed by atoms with Crippen molar-refractivity contribution >= 4 is 12.6 Å². The molecule has 2 fully saturated rings. The highest BCUT2D eigenvalue weighted by Gasteiger charge is 2.42. The summed E-state index contributed by atoms with van der Waals surface area (Å²) in [6.07, 6.45) is 10.0. The molecule has 92 valence electrons. The van der Waals surface area contributed by atoms with Crippen molar-refractivity contribution in [1.82, 2.24) is 4.90 Å². The van der Waals surface area contributed by atoms with Crippen molar-refractivity contribution in [2.24, 2.45) is 5.92 Å². The third-order valence-corrected chi connectivity index (χ3v) is 4.36. The van der Waals surface area contributed by atoms with Crippen LogP contribution in [0.15, 0.2) is 12.2 Å². The molecule has 1 heterocycles. The molecule has 0 aromatic rings. The van der Waals surface area contributed by atoms with Gasteiger partial charge in [-0.25, -0.2) is 0 Å². The van der Waals surface area contributed by atoms with Gasteiger partial charge in [0, 0.05) is 31.3 Å². The zero-order chi connectivity index (χ0) is 11.4. The summed E-state index contributed by atoms with van der Waals surface area (Å²) in [7, 11) is 0. The lowest BCUT2D eigenvalue weighted by Crippen LogP contribution is -2.53. The molecule has 2 atom stereocenters. The minimum atomic E-state index is -0.331. The van der Waals surface area contributed by atoms with Crippen LogP contribution in [0.3, 0.4) is 0 Å². The minimum absolute atomic E-state index is 0.331. The molecule has 1 saturated heterocycles. The number of thiol groups is 1. The maximum atomic E-state index is 10.5. The summed E-state index contributed by atoms with van der Waals surface area (Å²) in [6, 6.07) is 0. The average Bonchev–Trinajstić information content (AvgIpc) is 2.29. The molecule has 2 nitrogen and oxygen atoms in total. The number of hydrogen-bond donors (Lipinski definition) is 2. The number of piperidine rings is 1. The average molecular weight is 241 g/mol. The number of hydrogen-bond acceptors (Lipinski definition) is 3. The van der Waals surface area contributed by atoms with Crippen molar-refractivity contribution in [1.29, 1.82) is 0 Å². The molecule has 0 amide bonds. The molecule has 16 heavy (non-hydrogen) atoms. The smallest absolute Gasteiger partial charge is 0.0700 e. The van der Waals surface area contributed by atoms with Crippen molar-refractivity contribution in [2.75, 3.05) is 25.4 Å². The number of likely N-dealkylation sites (tertiary alicyclic amines) is 1. The van der Waals surface area contributed by atoms with E-state index in [2.05, 4.69) is 29.7 Å². The first-order valence-electron chi connectivity index (χ1n) is 6.45. The van der Waals surface area contributed by atoms with Crippen LogP contribution >= 0.6 is 12.6 Å². The Kier molecular flexibility index (Phi) is 4.34. The van der Waals surface area contributed by atoms with Crippen LogP contribution in [-0.4, -0.2) is 41.0 Å². The molecule has 0 aromatic carbocycles. The summed E-state index contributed by atoms with van der Waals surface area (Å²) < 4.78 is 0. The van der Waals surface area contributed by atoms with Crippen LogP contribution in [0.1, 0.15) is 32.1 Å². The molecular formula is C13H23NOS. The molecule has 0 radical (unpaired) electrons. The lowest BCUT2D eigenvalue weighted by atomic mass is 9.71. The SMILES string of the molecule is OC12CCCCC1CN(C/C=C/CS)CC2. The molecule has 1 saturated carbocycles. The lowest BCUT2D eigenvalue weighted by Gasteiger charge is -2.47. The van der Waals surface area contributed by atoms with Crippen LogP contribution in [0.4, 0.5) is 0 Å². The van der Waals surface area contributed by atoms with Crippen LogP contribution in [-0.2, 0) is 0 Å². The van der Waals surface area contributed by atoms with Gasteiger partial charge in [-0.15, -0.1) is 0 Å². The predicted molar refractivity (Wildman–Crippen MR) is 71.0 cm³/mol. The van der Waals surface area contributed by atoms with E-state index in [1.807, 2.05) is 0 Å². The molecule has 1 aliphatic heterocycles. The maximum Gasteiger partial charge on any atom is 0.0700 e. The third-order valence-electron chi connectivity index (χ3n) is 4.15. The van der Waals surface area contributed by atoms with Crippen molar-refractivity contribution in [3.05, 3.63) is 12.2 Å². The fourth-order valence-electron chi connectivity index (χ4n) is 3.10. The van der Waals surface area contributed by atoms with E-state index >= 15 is 0 Å². The fourth-order valence-corrected chi connectivity index (χ4v) is 3.25. The monoisotopic (exact) mass is 241 g/mol. The summed E-state index contributed by atoms with van der Waals surface area (Å²) in [5, 5.41) is 10.5. The highest BCUT2D eigenvalue weighted by Crippen LogP contribution is 2.39. The quantitative estimate of drug-likeness (QED) is 0.584. The van der Waals surface area contributed by atoms with Gasteiger partial charge in [0.25, 0.3) is 0 Å². The number of rotatable bonds is 3. The van der Waals surface area contributed by atoms with Crippen LogP contribution < -0.4 is 0 Å². The van der Waals surface area contributed by atoms with Gasteiger partial charge in [0.1, 0.15) is 0 Å². The Labute approximate surface area is 104 Å². The van der Waals surface area contributed by atoms with Gasteiger partial charge in [-0.05, 0) is 19.3 Å². The Hall–Kier alpha value is 0.01000. The first-order chi connectivity index (χ1) is 7.74. The van der Waals surface area contributed by atoms with Crippen LogP contribution in [0.25, 0.3) is 0 Å². The van der Waals surface area contributed by atoms with E-state index in [0.29, 0.717) is 5.92 Å². The van der Waals surface area contributed by atoms with E-state index in [-0.39, 0.29) is 5.60 Å². The summed E-state index contributed by atoms with van der Waals surface area (Å²) in [6.45, 7) is 3.14. The van der Waals surface area contributed by atoms with Gasteiger partial charge >= 0.3 is 0 Å². The highest BCUT2D eigenvalue weighted by molar-refractivity contribution is 7.80. The molecule has 0 spiro atoms. The Morgan fingerprint density at radius 3 is 3.00 bits per heavy atom. The van der Waals surface area contributed by atoms with Gasteiger partial charge in [0.15, 0.2) is 0 Å². The van der Waals surface area contributed by atoms with E-state index in [9.17, 15) is 5.11 Å².